The van der Waals surface area contributed by atoms with E-state index in [2.05, 4.69) is 0 Å². The van der Waals surface area contributed by atoms with E-state index in [1.165, 1.54) is 0 Å². The summed E-state index contributed by atoms with van der Waals surface area (Å²) in [6, 6.07) is -0.555. The molecule has 0 bridgehead atoms. The van der Waals surface area contributed by atoms with Crippen molar-refractivity contribution in [3.05, 3.63) is 0 Å². The maximum absolute atomic E-state index is 10.6. The molecule has 1 heterocycles. The van der Waals surface area contributed by atoms with Gasteiger partial charge in [-0.1, -0.05) is 0 Å². The summed E-state index contributed by atoms with van der Waals surface area (Å²) >= 11 is 0. The Hall–Kier alpha value is -0.690. The van der Waals surface area contributed by atoms with Crippen LogP contribution in [0.2, 0.25) is 0 Å². The van der Waals surface area contributed by atoms with Gasteiger partial charge in [0.15, 0.2) is 6.29 Å². The van der Waals surface area contributed by atoms with Crippen molar-refractivity contribution < 1.29 is 19.4 Å². The molecule has 1 aliphatic heterocycles. The fourth-order valence-corrected chi connectivity index (χ4v) is 1.41. The molecule has 0 aliphatic carbocycles. The van der Waals surface area contributed by atoms with Crippen LogP contribution in [0.3, 0.4) is 0 Å². The minimum atomic E-state index is -0.934. The van der Waals surface area contributed by atoms with Gasteiger partial charge in [-0.25, -0.2) is 0 Å². The number of nitrogens with two attached hydrogens (primary N) is 2. The van der Waals surface area contributed by atoms with E-state index in [9.17, 15) is 9.90 Å². The molecule has 1 rings (SSSR count). The van der Waals surface area contributed by atoms with Gasteiger partial charge < -0.3 is 26.0 Å². The summed E-state index contributed by atoms with van der Waals surface area (Å²) in [6.07, 6.45) is -0.203. The SMILES string of the molecule is NC(=O)CC(O)C(N)CC1OCCCO1. The van der Waals surface area contributed by atoms with Gasteiger partial charge in [0, 0.05) is 12.5 Å². The molecule has 1 amide bonds. The third kappa shape index (κ3) is 4.57. The Labute approximate surface area is 88.5 Å². The minimum absolute atomic E-state index is 0.131. The summed E-state index contributed by atoms with van der Waals surface area (Å²) in [6.45, 7) is 1.28. The average Bonchev–Trinajstić information content (AvgIpc) is 2.18. The Morgan fingerprint density at radius 1 is 1.47 bits per heavy atom. The van der Waals surface area contributed by atoms with Crippen molar-refractivity contribution >= 4 is 5.91 Å². The van der Waals surface area contributed by atoms with Gasteiger partial charge in [0.2, 0.25) is 5.91 Å². The Balaban J connectivity index is 2.26. The van der Waals surface area contributed by atoms with Crippen molar-refractivity contribution in [2.45, 2.75) is 37.7 Å². The first kappa shape index (κ1) is 12.4. The van der Waals surface area contributed by atoms with Gasteiger partial charge in [-0.05, 0) is 6.42 Å². The number of hydrogen-bond donors (Lipinski definition) is 3. The van der Waals surface area contributed by atoms with E-state index < -0.39 is 18.1 Å². The van der Waals surface area contributed by atoms with Crippen LogP contribution in [-0.2, 0) is 14.3 Å². The van der Waals surface area contributed by atoms with Gasteiger partial charge in [-0.3, -0.25) is 4.79 Å². The molecule has 0 saturated carbocycles. The third-order valence-corrected chi connectivity index (χ3v) is 2.27. The molecule has 0 aromatic heterocycles. The second-order valence-electron chi connectivity index (χ2n) is 3.66. The summed E-state index contributed by atoms with van der Waals surface area (Å²) in [5, 5.41) is 9.48. The van der Waals surface area contributed by atoms with Crippen LogP contribution in [0.25, 0.3) is 0 Å². The molecule has 0 radical (unpaired) electrons. The normalized spacial score (nSPS) is 22.3. The average molecular weight is 218 g/mol. The molecule has 88 valence electrons. The molecule has 1 fully saturated rings. The fourth-order valence-electron chi connectivity index (χ4n) is 1.41. The van der Waals surface area contributed by atoms with Crippen molar-refractivity contribution in [3.8, 4) is 0 Å². The topological polar surface area (TPSA) is 108 Å². The largest absolute Gasteiger partial charge is 0.391 e. The molecule has 0 aromatic rings. The first-order valence-corrected chi connectivity index (χ1v) is 5.04. The van der Waals surface area contributed by atoms with Crippen LogP contribution in [0.5, 0.6) is 0 Å². The van der Waals surface area contributed by atoms with Crippen LogP contribution >= 0.6 is 0 Å². The van der Waals surface area contributed by atoms with Crippen LogP contribution in [0.15, 0.2) is 0 Å². The van der Waals surface area contributed by atoms with E-state index >= 15 is 0 Å². The molecule has 1 aliphatic rings. The molecular formula is C9H18N2O4. The van der Waals surface area contributed by atoms with E-state index in [4.69, 9.17) is 20.9 Å². The Morgan fingerprint density at radius 3 is 2.60 bits per heavy atom. The van der Waals surface area contributed by atoms with Crippen molar-refractivity contribution in [1.29, 1.82) is 0 Å². The lowest BCUT2D eigenvalue weighted by molar-refractivity contribution is -0.185. The highest BCUT2D eigenvalue weighted by atomic mass is 16.7. The fraction of sp³-hybridized carbons (Fsp3) is 0.889. The van der Waals surface area contributed by atoms with Gasteiger partial charge in [0.1, 0.15) is 0 Å². The number of aliphatic hydroxyl groups excluding tert-OH is 1. The second kappa shape index (κ2) is 6.02. The Bertz CT molecular complexity index is 206. The highest BCUT2D eigenvalue weighted by Gasteiger charge is 2.23. The smallest absolute Gasteiger partial charge is 0.220 e. The van der Waals surface area contributed by atoms with Gasteiger partial charge >= 0.3 is 0 Å². The van der Waals surface area contributed by atoms with Crippen LogP contribution in [0.4, 0.5) is 0 Å². The molecule has 5 N–H and O–H groups in total. The Morgan fingerprint density at radius 2 is 2.07 bits per heavy atom. The number of rotatable bonds is 5. The molecule has 1 saturated heterocycles. The maximum Gasteiger partial charge on any atom is 0.220 e. The number of aliphatic hydroxyl groups is 1. The number of carbonyl (C=O) groups excluding carboxylic acids is 1. The Kier molecular flexibility index (Phi) is 4.97. The predicted octanol–water partition coefficient (Wildman–Crippen LogP) is -1.30. The monoisotopic (exact) mass is 218 g/mol. The molecule has 0 aromatic carbocycles. The molecule has 15 heavy (non-hydrogen) atoms. The third-order valence-electron chi connectivity index (χ3n) is 2.27. The number of carbonyl (C=O) groups is 1. The van der Waals surface area contributed by atoms with Gasteiger partial charge in [0.05, 0.1) is 25.7 Å². The first-order chi connectivity index (χ1) is 7.09. The zero-order valence-electron chi connectivity index (χ0n) is 8.59. The lowest BCUT2D eigenvalue weighted by atomic mass is 10.0. The quantitative estimate of drug-likeness (QED) is 0.531. The lowest BCUT2D eigenvalue weighted by Gasteiger charge is -2.27. The summed E-state index contributed by atoms with van der Waals surface area (Å²) in [5.41, 5.74) is 10.6. The molecule has 6 heteroatoms. The van der Waals surface area contributed by atoms with Crippen molar-refractivity contribution in [2.75, 3.05) is 13.2 Å². The van der Waals surface area contributed by atoms with Gasteiger partial charge in [-0.15, -0.1) is 0 Å². The van der Waals surface area contributed by atoms with Crippen LogP contribution in [0.1, 0.15) is 19.3 Å². The van der Waals surface area contributed by atoms with Crippen LogP contribution < -0.4 is 11.5 Å². The van der Waals surface area contributed by atoms with E-state index in [1.54, 1.807) is 0 Å². The molecule has 6 nitrogen and oxygen atoms in total. The highest BCUT2D eigenvalue weighted by Crippen LogP contribution is 2.12. The molecule has 2 atom stereocenters. The summed E-state index contributed by atoms with van der Waals surface area (Å²) < 4.78 is 10.5. The zero-order valence-corrected chi connectivity index (χ0v) is 8.59. The molecule has 2 unspecified atom stereocenters. The minimum Gasteiger partial charge on any atom is -0.391 e. The van der Waals surface area contributed by atoms with Crippen molar-refractivity contribution in [2.24, 2.45) is 11.5 Å². The molecule has 0 spiro atoms. The van der Waals surface area contributed by atoms with Crippen LogP contribution in [-0.4, -0.2) is 42.7 Å². The first-order valence-electron chi connectivity index (χ1n) is 5.04. The van der Waals surface area contributed by atoms with Crippen LogP contribution in [0, 0.1) is 0 Å². The predicted molar refractivity (Wildman–Crippen MR) is 52.7 cm³/mol. The lowest BCUT2D eigenvalue weighted by Crippen LogP contribution is -2.42. The number of ether oxygens (including phenoxy) is 2. The summed E-state index contributed by atoms with van der Waals surface area (Å²) in [7, 11) is 0. The number of hydrogen-bond acceptors (Lipinski definition) is 5. The maximum atomic E-state index is 10.6. The van der Waals surface area contributed by atoms with Gasteiger partial charge in [0.25, 0.3) is 0 Å². The van der Waals surface area contributed by atoms with E-state index in [-0.39, 0.29) is 12.7 Å². The summed E-state index contributed by atoms with van der Waals surface area (Å²) in [4.78, 5) is 10.6. The van der Waals surface area contributed by atoms with Crippen molar-refractivity contribution in [1.82, 2.24) is 0 Å². The highest BCUT2D eigenvalue weighted by molar-refractivity contribution is 5.74. The van der Waals surface area contributed by atoms with Crippen molar-refractivity contribution in [3.63, 3.8) is 0 Å². The zero-order chi connectivity index (χ0) is 11.3. The van der Waals surface area contributed by atoms with E-state index in [1.807, 2.05) is 0 Å². The van der Waals surface area contributed by atoms with E-state index in [0.29, 0.717) is 19.6 Å². The van der Waals surface area contributed by atoms with E-state index in [0.717, 1.165) is 6.42 Å². The number of primary amides is 1. The standard InChI is InChI=1S/C9H18N2O4/c10-6(7(12)5-8(11)13)4-9-14-2-1-3-15-9/h6-7,9,12H,1-5,10H2,(H2,11,13). The second-order valence-corrected chi connectivity index (χ2v) is 3.66. The molecular weight excluding hydrogens is 200 g/mol. The summed E-state index contributed by atoms with van der Waals surface area (Å²) in [5.74, 6) is -0.566. The van der Waals surface area contributed by atoms with Gasteiger partial charge in [-0.2, -0.15) is 0 Å². The number of amides is 1.